The number of nitrogens with one attached hydrogen (secondary N) is 2. The molecule has 0 saturated carbocycles. The van der Waals surface area contributed by atoms with Crippen LogP contribution in [0.3, 0.4) is 0 Å². The normalized spacial score (nSPS) is 11.8. The molecule has 0 fully saturated rings. The van der Waals surface area contributed by atoms with E-state index in [-0.39, 0.29) is 24.0 Å². The van der Waals surface area contributed by atoms with Crippen molar-refractivity contribution in [1.29, 1.82) is 0 Å². The molecule has 0 atom stereocenters. The Labute approximate surface area is 162 Å². The van der Waals surface area contributed by atoms with Crippen molar-refractivity contribution < 1.29 is 0 Å². The summed E-state index contributed by atoms with van der Waals surface area (Å²) in [7, 11) is 4.01. The average molecular weight is 453 g/mol. The van der Waals surface area contributed by atoms with Crippen molar-refractivity contribution in [3.63, 3.8) is 0 Å². The van der Waals surface area contributed by atoms with Gasteiger partial charge >= 0.3 is 0 Å². The van der Waals surface area contributed by atoms with Crippen molar-refractivity contribution in [1.82, 2.24) is 15.6 Å². The van der Waals surface area contributed by atoms with Gasteiger partial charge in [-0.1, -0.05) is 20.8 Å². The van der Waals surface area contributed by atoms with Gasteiger partial charge in [-0.3, -0.25) is 0 Å². The van der Waals surface area contributed by atoms with Gasteiger partial charge in [0, 0.05) is 32.6 Å². The Bertz CT molecular complexity index is 465. The molecule has 0 bridgehead atoms. The first kappa shape index (κ1) is 22.4. The Morgan fingerprint density at radius 1 is 1.30 bits per heavy atom. The molecular formula is C16H32IN5S. The van der Waals surface area contributed by atoms with Crippen LogP contribution in [0.2, 0.25) is 0 Å². The molecule has 0 aromatic carbocycles. The topological polar surface area (TPSA) is 52.6 Å². The zero-order valence-electron chi connectivity index (χ0n) is 15.3. The highest BCUT2D eigenvalue weighted by molar-refractivity contribution is 14.0. The lowest BCUT2D eigenvalue weighted by Crippen LogP contribution is -2.38. The predicted molar refractivity (Wildman–Crippen MR) is 113 cm³/mol. The standard InChI is InChI=1S/C16H31N5S.HI/c1-7-17-14(18-10-8-9-16(2,3)4)19-11-13-12-22-15(20-13)21(5)6;/h12H,7-11H2,1-6H3,(H2,17,18,19);1H. The summed E-state index contributed by atoms with van der Waals surface area (Å²) >= 11 is 1.65. The highest BCUT2D eigenvalue weighted by Gasteiger charge is 2.09. The van der Waals surface area contributed by atoms with Crippen molar-refractivity contribution in [2.24, 2.45) is 10.4 Å². The molecule has 0 saturated heterocycles. The second-order valence-electron chi connectivity index (χ2n) is 6.80. The van der Waals surface area contributed by atoms with Gasteiger partial charge < -0.3 is 15.5 Å². The summed E-state index contributed by atoms with van der Waals surface area (Å²) in [4.78, 5) is 11.2. The maximum Gasteiger partial charge on any atom is 0.191 e. The number of aromatic nitrogens is 1. The van der Waals surface area contributed by atoms with E-state index in [9.17, 15) is 0 Å². The molecule has 0 unspecified atom stereocenters. The molecule has 23 heavy (non-hydrogen) atoms. The predicted octanol–water partition coefficient (Wildman–Crippen LogP) is 3.71. The maximum absolute atomic E-state index is 4.61. The lowest BCUT2D eigenvalue weighted by Gasteiger charge is -2.18. The van der Waals surface area contributed by atoms with Crippen LogP contribution in [0.5, 0.6) is 0 Å². The Hall–Kier alpha value is -0.570. The largest absolute Gasteiger partial charge is 0.357 e. The summed E-state index contributed by atoms with van der Waals surface area (Å²) < 4.78 is 0. The summed E-state index contributed by atoms with van der Waals surface area (Å²) in [5.74, 6) is 0.871. The minimum atomic E-state index is 0. The van der Waals surface area contributed by atoms with Crippen molar-refractivity contribution >= 4 is 46.4 Å². The molecule has 0 radical (unpaired) electrons. The van der Waals surface area contributed by atoms with Gasteiger partial charge in [0.05, 0.1) is 12.2 Å². The minimum absolute atomic E-state index is 0. The van der Waals surface area contributed by atoms with Crippen LogP contribution in [-0.4, -0.2) is 38.1 Å². The second-order valence-corrected chi connectivity index (χ2v) is 7.64. The lowest BCUT2D eigenvalue weighted by atomic mass is 9.91. The van der Waals surface area contributed by atoms with Crippen LogP contribution in [0.15, 0.2) is 10.4 Å². The summed E-state index contributed by atoms with van der Waals surface area (Å²) in [5, 5.41) is 9.77. The molecule has 0 aliphatic heterocycles. The number of thiazole rings is 1. The highest BCUT2D eigenvalue weighted by Crippen LogP contribution is 2.20. The van der Waals surface area contributed by atoms with E-state index in [0.717, 1.165) is 36.3 Å². The van der Waals surface area contributed by atoms with E-state index in [1.54, 1.807) is 11.3 Å². The molecule has 1 aromatic heterocycles. The molecular weight excluding hydrogens is 421 g/mol. The highest BCUT2D eigenvalue weighted by atomic mass is 127. The van der Waals surface area contributed by atoms with E-state index in [0.29, 0.717) is 12.0 Å². The van der Waals surface area contributed by atoms with Gasteiger partial charge in [-0.15, -0.1) is 35.3 Å². The molecule has 1 rings (SSSR count). The van der Waals surface area contributed by atoms with E-state index in [4.69, 9.17) is 0 Å². The van der Waals surface area contributed by atoms with Crippen LogP contribution in [-0.2, 0) is 6.54 Å². The van der Waals surface area contributed by atoms with E-state index >= 15 is 0 Å². The first-order valence-electron chi connectivity index (χ1n) is 7.95. The number of halogens is 1. The van der Waals surface area contributed by atoms with E-state index in [2.05, 4.69) is 53.7 Å². The summed E-state index contributed by atoms with van der Waals surface area (Å²) in [6, 6.07) is 0. The van der Waals surface area contributed by atoms with Gasteiger partial charge in [-0.25, -0.2) is 9.98 Å². The van der Waals surface area contributed by atoms with Crippen LogP contribution in [0.4, 0.5) is 5.13 Å². The quantitative estimate of drug-likeness (QED) is 0.286. The number of anilines is 1. The molecule has 7 heteroatoms. The van der Waals surface area contributed by atoms with Gasteiger partial charge in [0.15, 0.2) is 11.1 Å². The Balaban J connectivity index is 0.00000484. The molecule has 134 valence electrons. The fraction of sp³-hybridized carbons (Fsp3) is 0.750. The third-order valence-corrected chi connectivity index (χ3v) is 4.12. The minimum Gasteiger partial charge on any atom is -0.357 e. The average Bonchev–Trinajstić information content (AvgIpc) is 2.88. The van der Waals surface area contributed by atoms with Crippen molar-refractivity contribution in [2.75, 3.05) is 32.1 Å². The number of guanidine groups is 1. The third kappa shape index (κ3) is 10.0. The number of rotatable bonds is 7. The van der Waals surface area contributed by atoms with Crippen LogP contribution < -0.4 is 15.5 Å². The Morgan fingerprint density at radius 2 is 2.00 bits per heavy atom. The number of aliphatic imine (C=N–C) groups is 1. The second kappa shape index (κ2) is 11.1. The van der Waals surface area contributed by atoms with Gasteiger partial charge in [-0.05, 0) is 25.2 Å². The van der Waals surface area contributed by atoms with Gasteiger partial charge in [0.1, 0.15) is 0 Å². The third-order valence-electron chi connectivity index (χ3n) is 3.06. The van der Waals surface area contributed by atoms with Crippen LogP contribution in [0.1, 0.15) is 46.2 Å². The summed E-state index contributed by atoms with van der Waals surface area (Å²) in [5.41, 5.74) is 1.40. The van der Waals surface area contributed by atoms with Crippen LogP contribution >= 0.6 is 35.3 Å². The molecule has 0 amide bonds. The number of hydrogen-bond acceptors (Lipinski definition) is 4. The van der Waals surface area contributed by atoms with Crippen LogP contribution in [0.25, 0.3) is 0 Å². The summed E-state index contributed by atoms with van der Waals surface area (Å²) in [6.45, 7) is 11.3. The zero-order valence-corrected chi connectivity index (χ0v) is 18.4. The smallest absolute Gasteiger partial charge is 0.191 e. The van der Waals surface area contributed by atoms with Crippen molar-refractivity contribution in [2.45, 2.75) is 47.1 Å². The Morgan fingerprint density at radius 3 is 2.52 bits per heavy atom. The van der Waals surface area contributed by atoms with E-state index < -0.39 is 0 Å². The van der Waals surface area contributed by atoms with E-state index in [1.807, 2.05) is 19.0 Å². The lowest BCUT2D eigenvalue weighted by molar-refractivity contribution is 0.365. The van der Waals surface area contributed by atoms with Gasteiger partial charge in [-0.2, -0.15) is 0 Å². The molecule has 0 aliphatic carbocycles. The monoisotopic (exact) mass is 453 g/mol. The molecule has 0 aliphatic rings. The van der Waals surface area contributed by atoms with Gasteiger partial charge in [0.2, 0.25) is 0 Å². The van der Waals surface area contributed by atoms with Crippen molar-refractivity contribution in [3.8, 4) is 0 Å². The van der Waals surface area contributed by atoms with Crippen molar-refractivity contribution in [3.05, 3.63) is 11.1 Å². The first-order chi connectivity index (χ1) is 10.3. The number of hydrogen-bond donors (Lipinski definition) is 2. The van der Waals surface area contributed by atoms with Crippen LogP contribution in [0, 0.1) is 5.41 Å². The molecule has 0 spiro atoms. The molecule has 1 aromatic rings. The molecule has 1 heterocycles. The summed E-state index contributed by atoms with van der Waals surface area (Å²) in [6.07, 6.45) is 2.35. The number of nitrogens with zero attached hydrogens (tertiary/aromatic N) is 3. The molecule has 2 N–H and O–H groups in total. The van der Waals surface area contributed by atoms with Gasteiger partial charge in [0.25, 0.3) is 0 Å². The molecule has 5 nitrogen and oxygen atoms in total. The van der Waals surface area contributed by atoms with E-state index in [1.165, 1.54) is 6.42 Å². The SMILES string of the molecule is CCNC(=NCc1csc(N(C)C)n1)NCCCC(C)(C)C.I. The fourth-order valence-electron chi connectivity index (χ4n) is 1.90. The Kier molecular flexibility index (Phi) is 10.8. The fourth-order valence-corrected chi connectivity index (χ4v) is 2.65. The zero-order chi connectivity index (χ0) is 16.6. The first-order valence-corrected chi connectivity index (χ1v) is 8.83. The maximum atomic E-state index is 4.61.